The number of ether oxygens (including phenoxy) is 1. The zero-order chi connectivity index (χ0) is 24.0. The van der Waals surface area contributed by atoms with E-state index in [-0.39, 0.29) is 11.3 Å². The summed E-state index contributed by atoms with van der Waals surface area (Å²) in [7, 11) is 0. The third-order valence-electron chi connectivity index (χ3n) is 5.87. The minimum atomic E-state index is -0.382. The van der Waals surface area contributed by atoms with Crippen LogP contribution in [0.2, 0.25) is 0 Å². The predicted octanol–water partition coefficient (Wildman–Crippen LogP) is 6.03. The van der Waals surface area contributed by atoms with Crippen molar-refractivity contribution in [1.82, 2.24) is 14.9 Å². The van der Waals surface area contributed by atoms with Gasteiger partial charge < -0.3 is 14.6 Å². The number of hydrogen-bond acceptors (Lipinski definition) is 3. The first-order chi connectivity index (χ1) is 15.7. The van der Waals surface area contributed by atoms with Crippen molar-refractivity contribution < 1.29 is 9.53 Å². The predicted molar refractivity (Wildman–Crippen MR) is 136 cm³/mol. The first-order valence-corrected chi connectivity index (χ1v) is 12.1. The standard InChI is InChI=1S/C28H39N3O2/c1-20(2)22-14-13-21(3)19-25(22)33-18-10-9-17-31-24-12-8-7-11-23(24)30-26(31)15-16-29-27(32)28(4,5)6/h7-8,11-14,19-20H,9-10,15-18H2,1-6H3,(H,29,32). The lowest BCUT2D eigenvalue weighted by Gasteiger charge is -2.17. The summed E-state index contributed by atoms with van der Waals surface area (Å²) in [6.07, 6.45) is 2.69. The van der Waals surface area contributed by atoms with Gasteiger partial charge in [-0.2, -0.15) is 0 Å². The Morgan fingerprint density at radius 1 is 1.12 bits per heavy atom. The number of nitrogens with one attached hydrogen (secondary N) is 1. The van der Waals surface area contributed by atoms with Crippen LogP contribution in [0.25, 0.3) is 11.0 Å². The summed E-state index contributed by atoms with van der Waals surface area (Å²) < 4.78 is 8.46. The molecule has 0 aliphatic heterocycles. The summed E-state index contributed by atoms with van der Waals surface area (Å²) in [5.41, 5.74) is 4.26. The van der Waals surface area contributed by atoms with Gasteiger partial charge in [-0.1, -0.05) is 58.9 Å². The highest BCUT2D eigenvalue weighted by molar-refractivity contribution is 5.81. The Morgan fingerprint density at radius 2 is 1.88 bits per heavy atom. The second-order valence-electron chi connectivity index (χ2n) is 10.2. The number of benzene rings is 2. The molecule has 3 rings (SSSR count). The second-order valence-corrected chi connectivity index (χ2v) is 10.2. The van der Waals surface area contributed by atoms with Gasteiger partial charge in [-0.3, -0.25) is 4.79 Å². The molecule has 0 aliphatic rings. The molecule has 0 saturated carbocycles. The molecule has 0 bridgehead atoms. The van der Waals surface area contributed by atoms with Crippen molar-refractivity contribution in [2.75, 3.05) is 13.2 Å². The summed E-state index contributed by atoms with van der Waals surface area (Å²) >= 11 is 0. The van der Waals surface area contributed by atoms with Crippen LogP contribution in [0.5, 0.6) is 5.75 Å². The average molecular weight is 450 g/mol. The van der Waals surface area contributed by atoms with E-state index in [4.69, 9.17) is 9.72 Å². The lowest BCUT2D eigenvalue weighted by Crippen LogP contribution is -2.36. The van der Waals surface area contributed by atoms with E-state index in [1.807, 2.05) is 26.8 Å². The molecule has 0 unspecified atom stereocenters. The number of amides is 1. The van der Waals surface area contributed by atoms with E-state index in [1.165, 1.54) is 11.1 Å². The fraction of sp³-hybridized carbons (Fsp3) is 0.500. The Balaban J connectivity index is 1.59. The van der Waals surface area contributed by atoms with Gasteiger partial charge in [0.2, 0.25) is 5.91 Å². The van der Waals surface area contributed by atoms with Gasteiger partial charge in [0.25, 0.3) is 0 Å². The molecule has 2 aromatic carbocycles. The van der Waals surface area contributed by atoms with Crippen LogP contribution in [0.15, 0.2) is 42.5 Å². The number of hydrogen-bond donors (Lipinski definition) is 1. The van der Waals surface area contributed by atoms with Crippen LogP contribution in [0.4, 0.5) is 0 Å². The van der Waals surface area contributed by atoms with E-state index in [0.29, 0.717) is 25.5 Å². The molecule has 5 heteroatoms. The smallest absolute Gasteiger partial charge is 0.225 e. The van der Waals surface area contributed by atoms with Crippen LogP contribution >= 0.6 is 0 Å². The summed E-state index contributed by atoms with van der Waals surface area (Å²) in [6.45, 7) is 14.5. The van der Waals surface area contributed by atoms with Crippen molar-refractivity contribution in [2.45, 2.75) is 73.3 Å². The maximum Gasteiger partial charge on any atom is 0.225 e. The molecule has 1 aromatic heterocycles. The molecule has 0 atom stereocenters. The molecule has 0 radical (unpaired) electrons. The highest BCUT2D eigenvalue weighted by atomic mass is 16.5. The van der Waals surface area contributed by atoms with Crippen LogP contribution in [0.1, 0.15) is 70.3 Å². The Morgan fingerprint density at radius 3 is 2.61 bits per heavy atom. The minimum absolute atomic E-state index is 0.0687. The summed E-state index contributed by atoms with van der Waals surface area (Å²) in [4.78, 5) is 17.0. The van der Waals surface area contributed by atoms with Gasteiger partial charge in [0, 0.05) is 24.9 Å². The quantitative estimate of drug-likeness (QED) is 0.384. The first kappa shape index (κ1) is 24.8. The van der Waals surface area contributed by atoms with Crippen molar-refractivity contribution in [1.29, 1.82) is 0 Å². The highest BCUT2D eigenvalue weighted by Gasteiger charge is 2.20. The second kappa shape index (κ2) is 10.9. The number of aromatic nitrogens is 2. The highest BCUT2D eigenvalue weighted by Crippen LogP contribution is 2.27. The third kappa shape index (κ3) is 6.59. The van der Waals surface area contributed by atoms with E-state index in [1.54, 1.807) is 0 Å². The van der Waals surface area contributed by atoms with Crippen molar-refractivity contribution in [3.05, 3.63) is 59.4 Å². The maximum absolute atomic E-state index is 12.2. The van der Waals surface area contributed by atoms with E-state index in [9.17, 15) is 4.79 Å². The minimum Gasteiger partial charge on any atom is -0.493 e. The van der Waals surface area contributed by atoms with Crippen LogP contribution in [-0.4, -0.2) is 28.6 Å². The zero-order valence-electron chi connectivity index (χ0n) is 21.1. The molecule has 0 aliphatic carbocycles. The van der Waals surface area contributed by atoms with Crippen LogP contribution in [-0.2, 0) is 17.8 Å². The Labute approximate surface area is 198 Å². The molecule has 1 heterocycles. The number of unbranched alkanes of at least 4 members (excludes halogenated alkanes) is 1. The van der Waals surface area contributed by atoms with Gasteiger partial charge in [0.15, 0.2) is 0 Å². The molecule has 0 spiro atoms. The number of carbonyl (C=O) groups excluding carboxylic acids is 1. The molecule has 0 saturated heterocycles. The summed E-state index contributed by atoms with van der Waals surface area (Å²) in [5.74, 6) is 2.54. The monoisotopic (exact) mass is 449 g/mol. The normalized spacial score (nSPS) is 11.8. The fourth-order valence-electron chi connectivity index (χ4n) is 3.92. The first-order valence-electron chi connectivity index (χ1n) is 12.1. The van der Waals surface area contributed by atoms with Gasteiger partial charge in [-0.25, -0.2) is 4.98 Å². The largest absolute Gasteiger partial charge is 0.493 e. The number of para-hydroxylation sites is 2. The number of fused-ring (bicyclic) bond motifs is 1. The molecular weight excluding hydrogens is 410 g/mol. The van der Waals surface area contributed by atoms with Crippen LogP contribution in [0, 0.1) is 12.3 Å². The zero-order valence-corrected chi connectivity index (χ0v) is 21.1. The van der Waals surface area contributed by atoms with Crippen molar-refractivity contribution in [3.63, 3.8) is 0 Å². The lowest BCUT2D eigenvalue weighted by molar-refractivity contribution is -0.128. The van der Waals surface area contributed by atoms with E-state index in [0.717, 1.165) is 42.0 Å². The van der Waals surface area contributed by atoms with Gasteiger partial charge >= 0.3 is 0 Å². The van der Waals surface area contributed by atoms with E-state index < -0.39 is 0 Å². The molecule has 1 N–H and O–H groups in total. The van der Waals surface area contributed by atoms with Crippen LogP contribution < -0.4 is 10.1 Å². The molecule has 0 fully saturated rings. The van der Waals surface area contributed by atoms with Gasteiger partial charge in [-0.15, -0.1) is 0 Å². The Kier molecular flexibility index (Phi) is 8.17. The van der Waals surface area contributed by atoms with Gasteiger partial charge in [0.05, 0.1) is 17.6 Å². The molecule has 178 valence electrons. The number of carbonyl (C=O) groups is 1. The van der Waals surface area contributed by atoms with Crippen molar-refractivity contribution in [2.24, 2.45) is 5.41 Å². The SMILES string of the molecule is Cc1ccc(C(C)C)c(OCCCCn2c(CCNC(=O)C(C)(C)C)nc3ccccc32)c1. The van der Waals surface area contributed by atoms with Gasteiger partial charge in [0.1, 0.15) is 11.6 Å². The van der Waals surface area contributed by atoms with Crippen molar-refractivity contribution >= 4 is 16.9 Å². The Bertz CT molecular complexity index is 1080. The summed E-state index contributed by atoms with van der Waals surface area (Å²) in [5, 5.41) is 3.04. The van der Waals surface area contributed by atoms with Crippen molar-refractivity contribution in [3.8, 4) is 5.75 Å². The molecule has 33 heavy (non-hydrogen) atoms. The molecular formula is C28H39N3O2. The topological polar surface area (TPSA) is 56.1 Å². The molecule has 5 nitrogen and oxygen atoms in total. The summed E-state index contributed by atoms with van der Waals surface area (Å²) in [6, 6.07) is 14.7. The van der Waals surface area contributed by atoms with E-state index in [2.05, 4.69) is 67.1 Å². The number of nitrogens with zero attached hydrogens (tertiary/aromatic N) is 2. The van der Waals surface area contributed by atoms with E-state index >= 15 is 0 Å². The average Bonchev–Trinajstić information content (AvgIpc) is 3.10. The van der Waals surface area contributed by atoms with Gasteiger partial charge in [-0.05, 0) is 55.0 Å². The fourth-order valence-corrected chi connectivity index (χ4v) is 3.92. The molecule has 1 amide bonds. The molecule has 3 aromatic rings. The number of aryl methyl sites for hydroxylation is 2. The number of imidazole rings is 1. The third-order valence-corrected chi connectivity index (χ3v) is 5.87. The maximum atomic E-state index is 12.2. The number of rotatable bonds is 10. The Hall–Kier alpha value is -2.82. The lowest BCUT2D eigenvalue weighted by atomic mass is 9.96. The van der Waals surface area contributed by atoms with Crippen LogP contribution in [0.3, 0.4) is 0 Å².